The number of carbonyl (C=O) groups excluding carboxylic acids is 1. The van der Waals surface area contributed by atoms with Crippen LogP contribution < -0.4 is 10.5 Å². The first-order valence-corrected chi connectivity index (χ1v) is 4.98. The predicted molar refractivity (Wildman–Crippen MR) is 60.3 cm³/mol. The maximum absolute atomic E-state index is 11.8. The lowest BCUT2D eigenvalue weighted by Gasteiger charge is -2.09. The van der Waals surface area contributed by atoms with Crippen LogP contribution in [0.5, 0.6) is 5.75 Å². The predicted octanol–water partition coefficient (Wildman–Crippen LogP) is 1.92. The van der Waals surface area contributed by atoms with E-state index in [1.165, 1.54) is 0 Å². The minimum absolute atomic E-state index is 0.0329. The van der Waals surface area contributed by atoms with Crippen molar-refractivity contribution in [1.29, 1.82) is 0 Å². The Morgan fingerprint density at radius 1 is 1.53 bits per heavy atom. The molecule has 1 aromatic rings. The molecular formula is C12H17NO2. The number of aryl methyl sites for hydroxylation is 1. The van der Waals surface area contributed by atoms with Crippen molar-refractivity contribution in [3.05, 3.63) is 29.3 Å². The maximum atomic E-state index is 11.8. The summed E-state index contributed by atoms with van der Waals surface area (Å²) >= 11 is 0. The second-order valence-electron chi connectivity index (χ2n) is 3.81. The van der Waals surface area contributed by atoms with Gasteiger partial charge in [0.1, 0.15) is 5.75 Å². The second kappa shape index (κ2) is 4.94. The van der Waals surface area contributed by atoms with Gasteiger partial charge in [0.05, 0.1) is 12.7 Å². The standard InChI is InChI=1S/C12H17NO2/c1-8-4-5-12(15-3)10(6-8)11(14)7-9(2)13/h4-6,9H,7,13H2,1-3H3. The average molecular weight is 207 g/mol. The van der Waals surface area contributed by atoms with Gasteiger partial charge >= 0.3 is 0 Å². The van der Waals surface area contributed by atoms with Crippen LogP contribution in [0.1, 0.15) is 29.3 Å². The summed E-state index contributed by atoms with van der Waals surface area (Å²) in [6.07, 6.45) is 0.347. The van der Waals surface area contributed by atoms with E-state index >= 15 is 0 Å². The summed E-state index contributed by atoms with van der Waals surface area (Å²) in [6, 6.07) is 5.44. The van der Waals surface area contributed by atoms with Crippen molar-refractivity contribution in [3.63, 3.8) is 0 Å². The Labute approximate surface area is 90.2 Å². The molecule has 1 atom stereocenters. The fourth-order valence-electron chi connectivity index (χ4n) is 1.44. The van der Waals surface area contributed by atoms with Crippen molar-refractivity contribution in [2.75, 3.05) is 7.11 Å². The smallest absolute Gasteiger partial charge is 0.168 e. The summed E-state index contributed by atoms with van der Waals surface area (Å²) < 4.78 is 5.14. The van der Waals surface area contributed by atoms with Gasteiger partial charge in [-0.15, -0.1) is 0 Å². The van der Waals surface area contributed by atoms with Gasteiger partial charge in [0.15, 0.2) is 5.78 Å². The van der Waals surface area contributed by atoms with Crippen LogP contribution in [-0.2, 0) is 0 Å². The molecule has 2 N–H and O–H groups in total. The number of hydrogen-bond acceptors (Lipinski definition) is 3. The lowest BCUT2D eigenvalue weighted by molar-refractivity contribution is 0.0973. The molecule has 1 rings (SSSR count). The van der Waals surface area contributed by atoms with E-state index in [0.717, 1.165) is 5.56 Å². The quantitative estimate of drug-likeness (QED) is 0.767. The Bertz CT molecular complexity index is 359. The Hall–Kier alpha value is -1.35. The highest BCUT2D eigenvalue weighted by molar-refractivity contribution is 5.99. The zero-order valence-corrected chi connectivity index (χ0v) is 9.41. The largest absolute Gasteiger partial charge is 0.496 e. The number of ether oxygens (including phenoxy) is 1. The van der Waals surface area contributed by atoms with E-state index in [9.17, 15) is 4.79 Å². The third kappa shape index (κ3) is 3.06. The number of benzene rings is 1. The van der Waals surface area contributed by atoms with Gasteiger partial charge in [0, 0.05) is 12.5 Å². The highest BCUT2D eigenvalue weighted by Crippen LogP contribution is 2.21. The Balaban J connectivity index is 3.00. The molecule has 1 aromatic carbocycles. The second-order valence-corrected chi connectivity index (χ2v) is 3.81. The molecule has 82 valence electrons. The van der Waals surface area contributed by atoms with Crippen LogP contribution >= 0.6 is 0 Å². The third-order valence-electron chi connectivity index (χ3n) is 2.16. The molecule has 3 heteroatoms. The van der Waals surface area contributed by atoms with Crippen molar-refractivity contribution in [2.45, 2.75) is 26.3 Å². The van der Waals surface area contributed by atoms with Gasteiger partial charge in [-0.1, -0.05) is 11.6 Å². The first-order valence-electron chi connectivity index (χ1n) is 4.98. The minimum atomic E-state index is -0.122. The number of carbonyl (C=O) groups is 1. The summed E-state index contributed by atoms with van der Waals surface area (Å²) in [5.74, 6) is 0.650. The van der Waals surface area contributed by atoms with Crippen LogP contribution in [0.3, 0.4) is 0 Å². The first-order chi connectivity index (χ1) is 7.04. The fraction of sp³-hybridized carbons (Fsp3) is 0.417. The van der Waals surface area contributed by atoms with E-state index in [4.69, 9.17) is 10.5 Å². The molecule has 0 spiro atoms. The fourth-order valence-corrected chi connectivity index (χ4v) is 1.44. The lowest BCUT2D eigenvalue weighted by Crippen LogP contribution is -2.20. The highest BCUT2D eigenvalue weighted by Gasteiger charge is 2.13. The van der Waals surface area contributed by atoms with Crippen LogP contribution in [0.15, 0.2) is 18.2 Å². The molecule has 0 aliphatic rings. The van der Waals surface area contributed by atoms with Gasteiger partial charge < -0.3 is 10.5 Å². The number of Topliss-reactive ketones (excluding diaryl/α,β-unsaturated/α-hetero) is 1. The molecule has 1 unspecified atom stereocenters. The van der Waals surface area contributed by atoms with Gasteiger partial charge in [0.2, 0.25) is 0 Å². The molecule has 0 amide bonds. The highest BCUT2D eigenvalue weighted by atomic mass is 16.5. The molecule has 0 saturated carbocycles. The van der Waals surface area contributed by atoms with Crippen molar-refractivity contribution in [2.24, 2.45) is 5.73 Å². The molecule has 0 aliphatic carbocycles. The molecule has 0 bridgehead atoms. The molecule has 3 nitrogen and oxygen atoms in total. The molecule has 0 saturated heterocycles. The summed E-state index contributed by atoms with van der Waals surface area (Å²) in [7, 11) is 1.56. The van der Waals surface area contributed by atoms with Crippen LogP contribution in [0.2, 0.25) is 0 Å². The molecule has 15 heavy (non-hydrogen) atoms. The lowest BCUT2D eigenvalue weighted by atomic mass is 10.0. The Morgan fingerprint density at radius 2 is 2.20 bits per heavy atom. The zero-order valence-electron chi connectivity index (χ0n) is 9.41. The summed E-state index contributed by atoms with van der Waals surface area (Å²) in [5.41, 5.74) is 7.26. The Morgan fingerprint density at radius 3 is 2.73 bits per heavy atom. The average Bonchev–Trinajstić information content (AvgIpc) is 2.16. The number of ketones is 1. The van der Waals surface area contributed by atoms with E-state index in [0.29, 0.717) is 17.7 Å². The summed E-state index contributed by atoms with van der Waals surface area (Å²) in [6.45, 7) is 3.77. The van der Waals surface area contributed by atoms with Crippen molar-refractivity contribution < 1.29 is 9.53 Å². The molecule has 0 heterocycles. The monoisotopic (exact) mass is 207 g/mol. The van der Waals surface area contributed by atoms with E-state index < -0.39 is 0 Å². The first kappa shape index (κ1) is 11.7. The van der Waals surface area contributed by atoms with E-state index in [-0.39, 0.29) is 11.8 Å². The van der Waals surface area contributed by atoms with Crippen LogP contribution in [-0.4, -0.2) is 18.9 Å². The van der Waals surface area contributed by atoms with Crippen molar-refractivity contribution in [1.82, 2.24) is 0 Å². The Kier molecular flexibility index (Phi) is 3.86. The molecule has 0 radical (unpaired) electrons. The van der Waals surface area contributed by atoms with Gasteiger partial charge in [0.25, 0.3) is 0 Å². The summed E-state index contributed by atoms with van der Waals surface area (Å²) in [4.78, 5) is 11.8. The van der Waals surface area contributed by atoms with Crippen molar-refractivity contribution >= 4 is 5.78 Å². The summed E-state index contributed by atoms with van der Waals surface area (Å²) in [5, 5.41) is 0. The molecule has 0 aliphatic heterocycles. The molecule has 0 aromatic heterocycles. The maximum Gasteiger partial charge on any atom is 0.168 e. The van der Waals surface area contributed by atoms with Gasteiger partial charge in [-0.05, 0) is 26.0 Å². The van der Waals surface area contributed by atoms with Gasteiger partial charge in [-0.25, -0.2) is 0 Å². The molecular weight excluding hydrogens is 190 g/mol. The SMILES string of the molecule is COc1ccc(C)cc1C(=O)CC(C)N. The number of hydrogen-bond donors (Lipinski definition) is 1. The number of rotatable bonds is 4. The van der Waals surface area contributed by atoms with Crippen LogP contribution in [0.25, 0.3) is 0 Å². The normalized spacial score (nSPS) is 12.3. The van der Waals surface area contributed by atoms with Crippen LogP contribution in [0.4, 0.5) is 0 Å². The van der Waals surface area contributed by atoms with E-state index in [1.54, 1.807) is 7.11 Å². The minimum Gasteiger partial charge on any atom is -0.496 e. The number of nitrogens with two attached hydrogens (primary N) is 1. The van der Waals surface area contributed by atoms with E-state index in [2.05, 4.69) is 0 Å². The topological polar surface area (TPSA) is 52.3 Å². The van der Waals surface area contributed by atoms with Crippen LogP contribution in [0, 0.1) is 6.92 Å². The van der Waals surface area contributed by atoms with Gasteiger partial charge in [-0.3, -0.25) is 4.79 Å². The van der Waals surface area contributed by atoms with Gasteiger partial charge in [-0.2, -0.15) is 0 Å². The van der Waals surface area contributed by atoms with E-state index in [1.807, 2.05) is 32.0 Å². The van der Waals surface area contributed by atoms with Crippen molar-refractivity contribution in [3.8, 4) is 5.75 Å². The zero-order chi connectivity index (χ0) is 11.4. The molecule has 0 fully saturated rings. The third-order valence-corrected chi connectivity index (χ3v) is 2.16. The number of methoxy groups -OCH3 is 1.